The van der Waals surface area contributed by atoms with Crippen LogP contribution in [0.1, 0.15) is 34.5 Å². The summed E-state index contributed by atoms with van der Waals surface area (Å²) in [5.41, 5.74) is 2.50. The first kappa shape index (κ1) is 16.9. The zero-order valence-electron chi connectivity index (χ0n) is 14.6. The molecule has 1 fully saturated rings. The van der Waals surface area contributed by atoms with E-state index in [0.29, 0.717) is 11.5 Å². The quantitative estimate of drug-likeness (QED) is 0.680. The van der Waals surface area contributed by atoms with Crippen molar-refractivity contribution in [1.29, 1.82) is 0 Å². The van der Waals surface area contributed by atoms with Crippen molar-refractivity contribution >= 4 is 23.1 Å². The van der Waals surface area contributed by atoms with Gasteiger partial charge in [0.15, 0.2) is 0 Å². The van der Waals surface area contributed by atoms with Crippen molar-refractivity contribution in [1.82, 2.24) is 9.78 Å². The fourth-order valence-electron chi connectivity index (χ4n) is 3.15. The first-order valence-electron chi connectivity index (χ1n) is 8.23. The number of carbonyl (C=O) groups excluding carboxylic acids is 1. The number of amides is 1. The number of anilines is 2. The number of nitro groups is 1. The van der Waals surface area contributed by atoms with Gasteiger partial charge in [-0.15, -0.1) is 0 Å². The Labute approximate surface area is 145 Å². The zero-order valence-corrected chi connectivity index (χ0v) is 14.6. The molecule has 0 bridgehead atoms. The van der Waals surface area contributed by atoms with Gasteiger partial charge in [0, 0.05) is 37.3 Å². The summed E-state index contributed by atoms with van der Waals surface area (Å²) in [5, 5.41) is 18.5. The second-order valence-electron chi connectivity index (χ2n) is 6.29. The standard InChI is InChI=1S/C17H21N5O3/c1-11-12(2)19-20(3)16(11)18-17(23)13-6-7-14(15(10-13)22(24)25)21-8-4-5-9-21/h6-7,10H,4-5,8-9H2,1-3H3,(H,18,23). The normalized spacial score (nSPS) is 14.0. The summed E-state index contributed by atoms with van der Waals surface area (Å²) in [6, 6.07) is 4.65. The van der Waals surface area contributed by atoms with Crippen molar-refractivity contribution in [3.05, 3.63) is 45.1 Å². The molecule has 1 aromatic heterocycles. The molecule has 0 aliphatic carbocycles. The van der Waals surface area contributed by atoms with E-state index < -0.39 is 4.92 Å². The Balaban J connectivity index is 1.90. The molecule has 25 heavy (non-hydrogen) atoms. The van der Waals surface area contributed by atoms with Gasteiger partial charge in [-0.1, -0.05) is 0 Å². The summed E-state index contributed by atoms with van der Waals surface area (Å²) in [7, 11) is 1.74. The summed E-state index contributed by atoms with van der Waals surface area (Å²) in [6.07, 6.45) is 2.05. The molecule has 1 aliphatic rings. The molecule has 8 heteroatoms. The Morgan fingerprint density at radius 2 is 1.96 bits per heavy atom. The van der Waals surface area contributed by atoms with Gasteiger partial charge in [0.05, 0.1) is 10.6 Å². The summed E-state index contributed by atoms with van der Waals surface area (Å²) < 4.78 is 1.59. The molecule has 0 radical (unpaired) electrons. The number of hydrogen-bond acceptors (Lipinski definition) is 5. The van der Waals surface area contributed by atoms with Gasteiger partial charge in [-0.25, -0.2) is 0 Å². The number of nitrogens with zero attached hydrogens (tertiary/aromatic N) is 4. The first-order valence-corrected chi connectivity index (χ1v) is 8.23. The maximum Gasteiger partial charge on any atom is 0.293 e. The predicted molar refractivity (Wildman–Crippen MR) is 95.2 cm³/mol. The van der Waals surface area contributed by atoms with Crippen LogP contribution < -0.4 is 10.2 Å². The third kappa shape index (κ3) is 3.19. The largest absolute Gasteiger partial charge is 0.366 e. The van der Waals surface area contributed by atoms with Crippen molar-refractivity contribution in [3.8, 4) is 0 Å². The molecular formula is C17H21N5O3. The van der Waals surface area contributed by atoms with Crippen LogP contribution in [0.4, 0.5) is 17.2 Å². The highest BCUT2D eigenvalue weighted by Gasteiger charge is 2.24. The lowest BCUT2D eigenvalue weighted by molar-refractivity contribution is -0.384. The number of aryl methyl sites for hydroxylation is 2. The van der Waals surface area contributed by atoms with Gasteiger partial charge in [-0.2, -0.15) is 5.10 Å². The number of nitrogens with one attached hydrogen (secondary N) is 1. The number of aromatic nitrogens is 2. The van der Waals surface area contributed by atoms with Crippen molar-refractivity contribution in [2.75, 3.05) is 23.3 Å². The molecular weight excluding hydrogens is 322 g/mol. The number of rotatable bonds is 4. The van der Waals surface area contributed by atoms with Crippen molar-refractivity contribution < 1.29 is 9.72 Å². The third-order valence-electron chi connectivity index (χ3n) is 4.63. The van der Waals surface area contributed by atoms with Crippen LogP contribution in [-0.4, -0.2) is 33.7 Å². The van der Waals surface area contributed by atoms with E-state index in [-0.39, 0.29) is 17.2 Å². The summed E-state index contributed by atoms with van der Waals surface area (Å²) in [6.45, 7) is 5.34. The maximum atomic E-state index is 12.5. The van der Waals surface area contributed by atoms with Gasteiger partial charge in [0.25, 0.3) is 11.6 Å². The molecule has 1 aromatic carbocycles. The van der Waals surface area contributed by atoms with Crippen LogP contribution in [0.15, 0.2) is 18.2 Å². The molecule has 1 amide bonds. The first-order chi connectivity index (χ1) is 11.9. The zero-order chi connectivity index (χ0) is 18.1. The molecule has 1 aliphatic heterocycles. The van der Waals surface area contributed by atoms with Gasteiger partial charge in [0.2, 0.25) is 0 Å². The van der Waals surface area contributed by atoms with Crippen LogP contribution in [0.5, 0.6) is 0 Å². The highest BCUT2D eigenvalue weighted by atomic mass is 16.6. The predicted octanol–water partition coefficient (Wildman–Crippen LogP) is 2.80. The van der Waals surface area contributed by atoms with E-state index in [1.54, 1.807) is 23.9 Å². The second-order valence-corrected chi connectivity index (χ2v) is 6.29. The van der Waals surface area contributed by atoms with E-state index in [0.717, 1.165) is 37.2 Å². The Kier molecular flexibility index (Phi) is 4.43. The van der Waals surface area contributed by atoms with E-state index in [2.05, 4.69) is 10.4 Å². The minimum absolute atomic E-state index is 0.0348. The number of carbonyl (C=O) groups is 1. The van der Waals surface area contributed by atoms with Crippen molar-refractivity contribution in [3.63, 3.8) is 0 Å². The molecule has 1 saturated heterocycles. The van der Waals surface area contributed by atoms with Gasteiger partial charge in [-0.3, -0.25) is 19.6 Å². The van der Waals surface area contributed by atoms with Crippen molar-refractivity contribution in [2.24, 2.45) is 7.05 Å². The molecule has 0 spiro atoms. The second kappa shape index (κ2) is 6.54. The van der Waals surface area contributed by atoms with E-state index >= 15 is 0 Å². The van der Waals surface area contributed by atoms with Crippen LogP contribution in [0.25, 0.3) is 0 Å². The lowest BCUT2D eigenvalue weighted by atomic mass is 10.1. The van der Waals surface area contributed by atoms with Crippen LogP contribution >= 0.6 is 0 Å². The Morgan fingerprint density at radius 3 is 2.52 bits per heavy atom. The Hall–Kier alpha value is -2.90. The minimum atomic E-state index is -0.427. The molecule has 2 aromatic rings. The highest BCUT2D eigenvalue weighted by Crippen LogP contribution is 2.32. The Morgan fingerprint density at radius 1 is 1.28 bits per heavy atom. The Bertz CT molecular complexity index is 837. The monoisotopic (exact) mass is 343 g/mol. The minimum Gasteiger partial charge on any atom is -0.366 e. The number of benzene rings is 1. The fraction of sp³-hybridized carbons (Fsp3) is 0.412. The van der Waals surface area contributed by atoms with Gasteiger partial charge >= 0.3 is 0 Å². The smallest absolute Gasteiger partial charge is 0.293 e. The maximum absolute atomic E-state index is 12.5. The lowest BCUT2D eigenvalue weighted by Crippen LogP contribution is -2.20. The van der Waals surface area contributed by atoms with Crippen LogP contribution in [0, 0.1) is 24.0 Å². The number of nitro benzene ring substituents is 1. The van der Waals surface area contributed by atoms with Gasteiger partial charge < -0.3 is 10.2 Å². The van der Waals surface area contributed by atoms with E-state index in [1.165, 1.54) is 6.07 Å². The molecule has 2 heterocycles. The third-order valence-corrected chi connectivity index (χ3v) is 4.63. The molecule has 0 unspecified atom stereocenters. The molecule has 132 valence electrons. The summed E-state index contributed by atoms with van der Waals surface area (Å²) >= 11 is 0. The van der Waals surface area contributed by atoms with Gasteiger partial charge in [-0.05, 0) is 38.8 Å². The van der Waals surface area contributed by atoms with Crippen LogP contribution in [0.3, 0.4) is 0 Å². The average molecular weight is 343 g/mol. The SMILES string of the molecule is Cc1nn(C)c(NC(=O)c2ccc(N3CCCC3)c([N+](=O)[O-])c2)c1C. The molecule has 0 atom stereocenters. The fourth-order valence-corrected chi connectivity index (χ4v) is 3.15. The molecule has 1 N–H and O–H groups in total. The van der Waals surface area contributed by atoms with E-state index in [4.69, 9.17) is 0 Å². The summed E-state index contributed by atoms with van der Waals surface area (Å²) in [5.74, 6) is 0.205. The van der Waals surface area contributed by atoms with Crippen LogP contribution in [0.2, 0.25) is 0 Å². The summed E-state index contributed by atoms with van der Waals surface area (Å²) in [4.78, 5) is 25.6. The highest BCUT2D eigenvalue weighted by molar-refractivity contribution is 6.05. The number of hydrogen-bond donors (Lipinski definition) is 1. The van der Waals surface area contributed by atoms with Crippen LogP contribution in [-0.2, 0) is 7.05 Å². The van der Waals surface area contributed by atoms with Crippen molar-refractivity contribution in [2.45, 2.75) is 26.7 Å². The van der Waals surface area contributed by atoms with E-state index in [9.17, 15) is 14.9 Å². The molecule has 0 saturated carbocycles. The van der Waals surface area contributed by atoms with E-state index in [1.807, 2.05) is 18.7 Å². The average Bonchev–Trinajstić information content (AvgIpc) is 3.19. The topological polar surface area (TPSA) is 93.3 Å². The molecule has 8 nitrogen and oxygen atoms in total. The molecule has 3 rings (SSSR count). The lowest BCUT2D eigenvalue weighted by Gasteiger charge is -2.17. The van der Waals surface area contributed by atoms with Gasteiger partial charge in [0.1, 0.15) is 11.5 Å².